The van der Waals surface area contributed by atoms with Crippen LogP contribution in [0.25, 0.3) is 0 Å². The molecule has 1 amide bonds. The number of sulfonamides is 1. The normalized spacial score (nSPS) is 13.5. The van der Waals surface area contributed by atoms with Gasteiger partial charge in [-0.1, -0.05) is 26.0 Å². The van der Waals surface area contributed by atoms with Crippen LogP contribution in [0.4, 0.5) is 0 Å². The number of carbonyl (C=O) groups excluding carboxylic acids is 1. The van der Waals surface area contributed by atoms with Gasteiger partial charge in [-0.25, -0.2) is 8.42 Å². The largest absolute Gasteiger partial charge is 0.507 e. The molecule has 1 aromatic rings. The Balaban J connectivity index is 3.09. The Bertz CT molecular complexity index is 540. The third kappa shape index (κ3) is 3.21. The van der Waals surface area contributed by atoms with Gasteiger partial charge in [-0.05, 0) is 18.1 Å². The Morgan fingerprint density at radius 3 is 2.33 bits per heavy atom. The zero-order valence-corrected chi connectivity index (χ0v) is 10.9. The summed E-state index contributed by atoms with van der Waals surface area (Å²) in [5, 5.41) is 9.50. The fourth-order valence-corrected chi connectivity index (χ4v) is 2.89. The molecule has 1 rings (SSSR count). The highest BCUT2D eigenvalue weighted by molar-refractivity contribution is 7.89. The Hall–Kier alpha value is -1.60. The van der Waals surface area contributed by atoms with E-state index in [0.29, 0.717) is 0 Å². The SMILES string of the molecule is CC(C)C(NS(=O)(=O)c1ccccc1O)C(N)=O. The molecule has 7 heteroatoms. The summed E-state index contributed by atoms with van der Waals surface area (Å²) >= 11 is 0. The number of hydrogen-bond donors (Lipinski definition) is 3. The summed E-state index contributed by atoms with van der Waals surface area (Å²) in [6, 6.07) is 4.46. The average Bonchev–Trinajstić information content (AvgIpc) is 2.25. The Labute approximate surface area is 106 Å². The molecule has 18 heavy (non-hydrogen) atoms. The maximum Gasteiger partial charge on any atom is 0.244 e. The van der Waals surface area contributed by atoms with E-state index in [-0.39, 0.29) is 16.6 Å². The van der Waals surface area contributed by atoms with Crippen molar-refractivity contribution in [2.24, 2.45) is 11.7 Å². The molecular formula is C11H16N2O4S. The molecule has 0 saturated heterocycles. The molecule has 0 spiro atoms. The molecule has 1 atom stereocenters. The lowest BCUT2D eigenvalue weighted by Gasteiger charge is -2.19. The van der Waals surface area contributed by atoms with Gasteiger partial charge in [0.1, 0.15) is 16.7 Å². The first-order valence-electron chi connectivity index (χ1n) is 5.35. The smallest absolute Gasteiger partial charge is 0.244 e. The molecule has 1 aromatic carbocycles. The average molecular weight is 272 g/mol. The lowest BCUT2D eigenvalue weighted by atomic mass is 10.1. The van der Waals surface area contributed by atoms with Crippen LogP contribution < -0.4 is 10.5 Å². The van der Waals surface area contributed by atoms with E-state index in [1.165, 1.54) is 24.3 Å². The minimum atomic E-state index is -3.98. The van der Waals surface area contributed by atoms with E-state index in [1.807, 2.05) is 0 Å². The van der Waals surface area contributed by atoms with Crippen LogP contribution >= 0.6 is 0 Å². The summed E-state index contributed by atoms with van der Waals surface area (Å²) in [4.78, 5) is 10.9. The van der Waals surface area contributed by atoms with E-state index in [1.54, 1.807) is 13.8 Å². The van der Waals surface area contributed by atoms with Crippen molar-refractivity contribution in [1.29, 1.82) is 0 Å². The molecule has 0 fully saturated rings. The van der Waals surface area contributed by atoms with E-state index in [9.17, 15) is 18.3 Å². The van der Waals surface area contributed by atoms with Crippen molar-refractivity contribution >= 4 is 15.9 Å². The zero-order valence-electron chi connectivity index (χ0n) is 10.1. The summed E-state index contributed by atoms with van der Waals surface area (Å²) in [6.45, 7) is 3.34. The van der Waals surface area contributed by atoms with E-state index < -0.39 is 22.0 Å². The van der Waals surface area contributed by atoms with E-state index in [0.717, 1.165) is 0 Å². The quantitative estimate of drug-likeness (QED) is 0.710. The van der Waals surface area contributed by atoms with Crippen molar-refractivity contribution in [3.05, 3.63) is 24.3 Å². The number of nitrogens with two attached hydrogens (primary N) is 1. The topological polar surface area (TPSA) is 109 Å². The monoisotopic (exact) mass is 272 g/mol. The van der Waals surface area contributed by atoms with E-state index >= 15 is 0 Å². The Kier molecular flexibility index (Phi) is 4.31. The van der Waals surface area contributed by atoms with Gasteiger partial charge in [-0.2, -0.15) is 4.72 Å². The number of amides is 1. The molecule has 0 bridgehead atoms. The standard InChI is InChI=1S/C11H16N2O4S/c1-7(2)10(11(12)15)13-18(16,17)9-6-4-3-5-8(9)14/h3-7,10,13-14H,1-2H3,(H2,12,15). The van der Waals surface area contributed by atoms with Crippen LogP contribution in [0, 0.1) is 5.92 Å². The van der Waals surface area contributed by atoms with E-state index in [2.05, 4.69) is 4.72 Å². The van der Waals surface area contributed by atoms with Crippen LogP contribution in [0.2, 0.25) is 0 Å². The second-order valence-electron chi connectivity index (χ2n) is 4.21. The van der Waals surface area contributed by atoms with Crippen molar-refractivity contribution in [2.75, 3.05) is 0 Å². The van der Waals surface area contributed by atoms with Crippen molar-refractivity contribution < 1.29 is 18.3 Å². The highest BCUT2D eigenvalue weighted by Gasteiger charge is 2.27. The first kappa shape index (κ1) is 14.5. The lowest BCUT2D eigenvalue weighted by Crippen LogP contribution is -2.47. The Morgan fingerprint density at radius 1 is 1.33 bits per heavy atom. The number of aromatic hydroxyl groups is 1. The second kappa shape index (κ2) is 5.36. The van der Waals surface area contributed by atoms with Crippen molar-refractivity contribution in [2.45, 2.75) is 24.8 Å². The molecule has 6 nitrogen and oxygen atoms in total. The molecule has 100 valence electrons. The summed E-state index contributed by atoms with van der Waals surface area (Å²) in [5.74, 6) is -1.43. The molecule has 0 aromatic heterocycles. The van der Waals surface area contributed by atoms with Gasteiger partial charge in [0, 0.05) is 0 Å². The number of hydrogen-bond acceptors (Lipinski definition) is 4. The van der Waals surface area contributed by atoms with Gasteiger partial charge in [-0.15, -0.1) is 0 Å². The third-order valence-electron chi connectivity index (χ3n) is 2.41. The molecule has 0 radical (unpaired) electrons. The van der Waals surface area contributed by atoms with E-state index in [4.69, 9.17) is 5.73 Å². The minimum absolute atomic E-state index is 0.281. The summed E-state index contributed by atoms with van der Waals surface area (Å²) in [7, 11) is -3.98. The number of para-hydroxylation sites is 1. The van der Waals surface area contributed by atoms with Gasteiger partial charge in [0.05, 0.1) is 0 Å². The van der Waals surface area contributed by atoms with Crippen molar-refractivity contribution in [3.63, 3.8) is 0 Å². The lowest BCUT2D eigenvalue weighted by molar-refractivity contribution is -0.120. The summed E-state index contributed by atoms with van der Waals surface area (Å²) < 4.78 is 26.2. The zero-order chi connectivity index (χ0) is 13.9. The second-order valence-corrected chi connectivity index (χ2v) is 5.90. The summed E-state index contributed by atoms with van der Waals surface area (Å²) in [5.41, 5.74) is 5.13. The highest BCUT2D eigenvalue weighted by atomic mass is 32.2. The molecule has 4 N–H and O–H groups in total. The first-order chi connectivity index (χ1) is 8.25. The molecule has 1 unspecified atom stereocenters. The number of primary amides is 1. The number of phenolic OH excluding ortho intramolecular Hbond substituents is 1. The number of rotatable bonds is 5. The number of phenols is 1. The molecule has 0 heterocycles. The summed E-state index contributed by atoms with van der Waals surface area (Å²) in [6.07, 6.45) is 0. The maximum atomic E-state index is 12.0. The van der Waals surface area contributed by atoms with Crippen LogP contribution in [0.5, 0.6) is 5.75 Å². The fraction of sp³-hybridized carbons (Fsp3) is 0.364. The minimum Gasteiger partial charge on any atom is -0.507 e. The number of benzene rings is 1. The molecule has 0 aliphatic heterocycles. The maximum absolute atomic E-state index is 12.0. The third-order valence-corrected chi connectivity index (χ3v) is 3.90. The molecule has 0 aliphatic rings. The van der Waals surface area contributed by atoms with Crippen LogP contribution in [0.3, 0.4) is 0 Å². The molecule has 0 saturated carbocycles. The van der Waals surface area contributed by atoms with Gasteiger partial charge in [0.15, 0.2) is 0 Å². The highest BCUT2D eigenvalue weighted by Crippen LogP contribution is 2.21. The number of carbonyl (C=O) groups is 1. The first-order valence-corrected chi connectivity index (χ1v) is 6.83. The van der Waals surface area contributed by atoms with Gasteiger partial charge < -0.3 is 10.8 Å². The number of nitrogens with one attached hydrogen (secondary N) is 1. The Morgan fingerprint density at radius 2 is 1.89 bits per heavy atom. The molecular weight excluding hydrogens is 256 g/mol. The van der Waals surface area contributed by atoms with Gasteiger partial charge in [0.2, 0.25) is 15.9 Å². The van der Waals surface area contributed by atoms with Crippen LogP contribution in [0.15, 0.2) is 29.2 Å². The van der Waals surface area contributed by atoms with Gasteiger partial charge >= 0.3 is 0 Å². The van der Waals surface area contributed by atoms with Gasteiger partial charge in [-0.3, -0.25) is 4.79 Å². The van der Waals surface area contributed by atoms with Gasteiger partial charge in [0.25, 0.3) is 0 Å². The van der Waals surface area contributed by atoms with Crippen LogP contribution in [-0.2, 0) is 14.8 Å². The van der Waals surface area contributed by atoms with Crippen molar-refractivity contribution in [1.82, 2.24) is 4.72 Å². The van der Waals surface area contributed by atoms with Crippen LogP contribution in [-0.4, -0.2) is 25.5 Å². The predicted octanol–water partition coefficient (Wildman–Crippen LogP) is 0.180. The van der Waals surface area contributed by atoms with Crippen molar-refractivity contribution in [3.8, 4) is 5.75 Å². The van der Waals surface area contributed by atoms with Crippen LogP contribution in [0.1, 0.15) is 13.8 Å². The predicted molar refractivity (Wildman–Crippen MR) is 66.2 cm³/mol. The fourth-order valence-electron chi connectivity index (χ4n) is 1.44. The molecule has 0 aliphatic carbocycles.